The number of hydrogen-bond donors (Lipinski definition) is 0. The van der Waals surface area contributed by atoms with Crippen molar-refractivity contribution in [3.05, 3.63) is 29.8 Å². The number of carbonyl (C=O) groups excluding carboxylic acids is 1. The van der Waals surface area contributed by atoms with Gasteiger partial charge in [-0.2, -0.15) is 0 Å². The zero-order chi connectivity index (χ0) is 12.4. The third-order valence-electron chi connectivity index (χ3n) is 3.22. The molecule has 1 fully saturated rings. The van der Waals surface area contributed by atoms with Crippen LogP contribution in [0.1, 0.15) is 24.8 Å². The van der Waals surface area contributed by atoms with Gasteiger partial charge in [0.05, 0.1) is 12.5 Å². The van der Waals surface area contributed by atoms with Crippen molar-refractivity contribution >= 4 is 11.7 Å². The van der Waals surface area contributed by atoms with E-state index in [9.17, 15) is 4.79 Å². The highest BCUT2D eigenvalue weighted by Gasteiger charge is 2.44. The van der Waals surface area contributed by atoms with Crippen LogP contribution in [0.5, 0.6) is 0 Å². The average Bonchev–Trinajstić information content (AvgIpc) is 3.09. The lowest BCUT2D eigenvalue weighted by molar-refractivity contribution is -0.144. The summed E-state index contributed by atoms with van der Waals surface area (Å²) in [5.74, 6) is 0.402. The number of rotatable bonds is 4. The van der Waals surface area contributed by atoms with Crippen molar-refractivity contribution in [3.63, 3.8) is 0 Å². The first-order valence-corrected chi connectivity index (χ1v) is 6.07. The molecule has 1 aliphatic rings. The molecular formula is C14H19NO2. The van der Waals surface area contributed by atoms with Crippen molar-refractivity contribution in [1.82, 2.24) is 0 Å². The second kappa shape index (κ2) is 4.78. The van der Waals surface area contributed by atoms with Crippen LogP contribution < -0.4 is 4.90 Å². The standard InChI is InChI=1S/C14H19NO2/c1-4-17-14(16)13-9-12(13)10-5-7-11(8-6-10)15(2)3/h5-8,12-13H,4,9H2,1-3H3/t12-,13+/m0/s1. The van der Waals surface area contributed by atoms with Gasteiger partial charge < -0.3 is 9.64 Å². The van der Waals surface area contributed by atoms with Gasteiger partial charge >= 0.3 is 5.97 Å². The highest BCUT2D eigenvalue weighted by atomic mass is 16.5. The van der Waals surface area contributed by atoms with E-state index in [1.165, 1.54) is 11.3 Å². The van der Waals surface area contributed by atoms with Crippen LogP contribution in [0.25, 0.3) is 0 Å². The Morgan fingerprint density at radius 2 is 2.00 bits per heavy atom. The Hall–Kier alpha value is -1.51. The Morgan fingerprint density at radius 1 is 1.35 bits per heavy atom. The third kappa shape index (κ3) is 2.60. The average molecular weight is 233 g/mol. The SMILES string of the molecule is CCOC(=O)[C@@H]1C[C@H]1c1ccc(N(C)C)cc1. The van der Waals surface area contributed by atoms with Gasteiger partial charge in [0, 0.05) is 19.8 Å². The van der Waals surface area contributed by atoms with Gasteiger partial charge in [-0.05, 0) is 37.0 Å². The number of anilines is 1. The number of carbonyl (C=O) groups is 1. The first kappa shape index (κ1) is 12.0. The number of esters is 1. The fourth-order valence-corrected chi connectivity index (χ4v) is 2.09. The summed E-state index contributed by atoms with van der Waals surface area (Å²) >= 11 is 0. The minimum atomic E-state index is -0.0470. The smallest absolute Gasteiger partial charge is 0.309 e. The highest BCUT2D eigenvalue weighted by molar-refractivity contribution is 5.77. The molecule has 17 heavy (non-hydrogen) atoms. The number of benzene rings is 1. The van der Waals surface area contributed by atoms with Crippen molar-refractivity contribution < 1.29 is 9.53 Å². The Kier molecular flexibility index (Phi) is 3.36. The van der Waals surface area contributed by atoms with Crippen LogP contribution in [0.15, 0.2) is 24.3 Å². The maximum atomic E-state index is 11.5. The molecular weight excluding hydrogens is 214 g/mol. The van der Waals surface area contributed by atoms with Crippen LogP contribution in [-0.4, -0.2) is 26.7 Å². The van der Waals surface area contributed by atoms with E-state index in [4.69, 9.17) is 4.74 Å². The van der Waals surface area contributed by atoms with Gasteiger partial charge in [-0.1, -0.05) is 12.1 Å². The molecule has 1 saturated carbocycles. The fraction of sp³-hybridized carbons (Fsp3) is 0.500. The molecule has 0 unspecified atom stereocenters. The fourth-order valence-electron chi connectivity index (χ4n) is 2.09. The zero-order valence-electron chi connectivity index (χ0n) is 10.6. The molecule has 1 aromatic carbocycles. The lowest BCUT2D eigenvalue weighted by atomic mass is 10.1. The molecule has 0 aromatic heterocycles. The Morgan fingerprint density at radius 3 is 2.53 bits per heavy atom. The predicted molar refractivity (Wildman–Crippen MR) is 68.3 cm³/mol. The van der Waals surface area contributed by atoms with E-state index in [0.29, 0.717) is 12.5 Å². The van der Waals surface area contributed by atoms with Gasteiger partial charge in [0.15, 0.2) is 0 Å². The second-order valence-corrected chi connectivity index (χ2v) is 4.69. The van der Waals surface area contributed by atoms with Gasteiger partial charge in [-0.25, -0.2) is 0 Å². The van der Waals surface area contributed by atoms with E-state index >= 15 is 0 Å². The maximum absolute atomic E-state index is 11.5. The quantitative estimate of drug-likeness (QED) is 0.748. The van der Waals surface area contributed by atoms with Crippen LogP contribution in [0, 0.1) is 5.92 Å². The molecule has 0 radical (unpaired) electrons. The minimum Gasteiger partial charge on any atom is -0.466 e. The molecule has 1 aromatic rings. The summed E-state index contributed by atoms with van der Waals surface area (Å²) in [6.45, 7) is 2.32. The zero-order valence-corrected chi connectivity index (χ0v) is 10.6. The van der Waals surface area contributed by atoms with Crippen LogP contribution in [0.2, 0.25) is 0 Å². The molecule has 3 heteroatoms. The number of nitrogens with zero attached hydrogens (tertiary/aromatic N) is 1. The topological polar surface area (TPSA) is 29.5 Å². The molecule has 3 nitrogen and oxygen atoms in total. The molecule has 2 atom stereocenters. The molecule has 0 N–H and O–H groups in total. The molecule has 2 rings (SSSR count). The van der Waals surface area contributed by atoms with Crippen molar-refractivity contribution in [2.75, 3.05) is 25.6 Å². The van der Waals surface area contributed by atoms with E-state index in [1.807, 2.05) is 21.0 Å². The van der Waals surface area contributed by atoms with Crippen LogP contribution in [0.3, 0.4) is 0 Å². The molecule has 0 heterocycles. The Bertz CT molecular complexity index is 397. The first-order chi connectivity index (χ1) is 8.13. The van der Waals surface area contributed by atoms with Gasteiger partial charge in [-0.15, -0.1) is 0 Å². The first-order valence-electron chi connectivity index (χ1n) is 6.07. The molecule has 0 aliphatic heterocycles. The summed E-state index contributed by atoms with van der Waals surface area (Å²) in [6, 6.07) is 8.41. The van der Waals surface area contributed by atoms with Crippen molar-refractivity contribution in [1.29, 1.82) is 0 Å². The van der Waals surface area contributed by atoms with Gasteiger partial charge in [0.2, 0.25) is 0 Å². The van der Waals surface area contributed by atoms with Crippen molar-refractivity contribution in [2.24, 2.45) is 5.92 Å². The third-order valence-corrected chi connectivity index (χ3v) is 3.22. The number of ether oxygens (including phenoxy) is 1. The van der Waals surface area contributed by atoms with E-state index in [-0.39, 0.29) is 11.9 Å². The van der Waals surface area contributed by atoms with Gasteiger partial charge in [-0.3, -0.25) is 4.79 Å². The summed E-state index contributed by atoms with van der Waals surface area (Å²) in [6.07, 6.45) is 0.931. The lowest BCUT2D eigenvalue weighted by Crippen LogP contribution is -2.08. The van der Waals surface area contributed by atoms with Crippen molar-refractivity contribution in [2.45, 2.75) is 19.3 Å². The second-order valence-electron chi connectivity index (χ2n) is 4.69. The Labute approximate surface area is 102 Å². The minimum absolute atomic E-state index is 0.0470. The Balaban J connectivity index is 1.99. The largest absolute Gasteiger partial charge is 0.466 e. The van der Waals surface area contributed by atoms with E-state index in [0.717, 1.165) is 6.42 Å². The van der Waals surface area contributed by atoms with Gasteiger partial charge in [0.1, 0.15) is 0 Å². The molecule has 0 spiro atoms. The molecule has 0 amide bonds. The van der Waals surface area contributed by atoms with Crippen LogP contribution in [-0.2, 0) is 9.53 Å². The molecule has 92 valence electrons. The normalized spacial score (nSPS) is 22.1. The lowest BCUT2D eigenvalue weighted by Gasteiger charge is -2.12. The summed E-state index contributed by atoms with van der Waals surface area (Å²) in [5, 5.41) is 0. The monoisotopic (exact) mass is 233 g/mol. The maximum Gasteiger partial charge on any atom is 0.309 e. The molecule has 1 aliphatic carbocycles. The van der Waals surface area contributed by atoms with E-state index in [1.54, 1.807) is 0 Å². The molecule has 0 bridgehead atoms. The van der Waals surface area contributed by atoms with E-state index < -0.39 is 0 Å². The number of hydrogen-bond acceptors (Lipinski definition) is 3. The summed E-state index contributed by atoms with van der Waals surface area (Å²) in [7, 11) is 4.04. The van der Waals surface area contributed by atoms with Crippen LogP contribution in [0.4, 0.5) is 5.69 Å². The predicted octanol–water partition coefficient (Wildman–Crippen LogP) is 2.42. The molecule has 0 saturated heterocycles. The summed E-state index contributed by atoms with van der Waals surface area (Å²) in [5.41, 5.74) is 2.43. The van der Waals surface area contributed by atoms with Gasteiger partial charge in [0.25, 0.3) is 0 Å². The van der Waals surface area contributed by atoms with Crippen molar-refractivity contribution in [3.8, 4) is 0 Å². The van der Waals surface area contributed by atoms with Crippen LogP contribution >= 0.6 is 0 Å². The van der Waals surface area contributed by atoms with E-state index in [2.05, 4.69) is 29.2 Å². The summed E-state index contributed by atoms with van der Waals surface area (Å²) < 4.78 is 5.03. The highest BCUT2D eigenvalue weighted by Crippen LogP contribution is 2.48. The summed E-state index contributed by atoms with van der Waals surface area (Å²) in [4.78, 5) is 13.6.